The van der Waals surface area contributed by atoms with E-state index in [9.17, 15) is 4.79 Å². The first kappa shape index (κ1) is 10.7. The topological polar surface area (TPSA) is 58.4 Å². The van der Waals surface area contributed by atoms with Gasteiger partial charge in [0.05, 0.1) is 6.04 Å². The van der Waals surface area contributed by atoms with Crippen molar-refractivity contribution >= 4 is 11.6 Å². The molecule has 4 nitrogen and oxygen atoms in total. The predicted octanol–water partition coefficient (Wildman–Crippen LogP) is 0.265. The fourth-order valence-electron chi connectivity index (χ4n) is 2.70. The third-order valence-corrected chi connectivity index (χ3v) is 3.62. The van der Waals surface area contributed by atoms with E-state index in [4.69, 9.17) is 5.73 Å². The minimum Gasteiger partial charge on any atom is -0.330 e. The molecule has 2 atom stereocenters. The number of hydrogen-bond acceptors (Lipinski definition) is 3. The molecule has 0 aliphatic carbocycles. The Morgan fingerprint density at radius 2 is 2.18 bits per heavy atom. The zero-order valence-electron chi connectivity index (χ0n) is 9.73. The van der Waals surface area contributed by atoms with E-state index in [1.165, 1.54) is 5.56 Å². The third kappa shape index (κ3) is 1.73. The van der Waals surface area contributed by atoms with Crippen LogP contribution in [-0.2, 0) is 11.2 Å². The fourth-order valence-corrected chi connectivity index (χ4v) is 2.70. The number of piperidine rings is 1. The molecule has 2 unspecified atom stereocenters. The molecule has 1 aromatic rings. The van der Waals surface area contributed by atoms with Crippen LogP contribution in [0.4, 0.5) is 5.69 Å². The van der Waals surface area contributed by atoms with Crippen molar-refractivity contribution in [1.82, 2.24) is 5.32 Å². The molecule has 4 heteroatoms. The summed E-state index contributed by atoms with van der Waals surface area (Å²) in [6, 6.07) is 8.58. The van der Waals surface area contributed by atoms with Gasteiger partial charge in [-0.1, -0.05) is 18.2 Å². The Bertz CT molecular complexity index is 440. The number of carbonyl (C=O) groups excluding carboxylic acids is 1. The lowest BCUT2D eigenvalue weighted by Gasteiger charge is -2.47. The van der Waals surface area contributed by atoms with Gasteiger partial charge in [-0.2, -0.15) is 0 Å². The van der Waals surface area contributed by atoms with Gasteiger partial charge in [0.25, 0.3) is 0 Å². The average Bonchev–Trinajstić information content (AvgIpc) is 2.29. The van der Waals surface area contributed by atoms with Crippen LogP contribution in [0.1, 0.15) is 12.0 Å². The van der Waals surface area contributed by atoms with Gasteiger partial charge in [0.15, 0.2) is 0 Å². The highest BCUT2D eigenvalue weighted by Crippen LogP contribution is 2.29. The van der Waals surface area contributed by atoms with Crippen LogP contribution in [0.2, 0.25) is 0 Å². The highest BCUT2D eigenvalue weighted by atomic mass is 16.2. The van der Waals surface area contributed by atoms with Crippen LogP contribution in [0, 0.1) is 0 Å². The largest absolute Gasteiger partial charge is 0.330 e. The molecule has 0 radical (unpaired) electrons. The van der Waals surface area contributed by atoms with E-state index in [0.29, 0.717) is 12.6 Å². The Morgan fingerprint density at radius 3 is 2.88 bits per heavy atom. The fraction of sp³-hybridized carbons (Fsp3) is 0.462. The second kappa shape index (κ2) is 4.13. The van der Waals surface area contributed by atoms with Gasteiger partial charge in [-0.3, -0.25) is 4.79 Å². The maximum absolute atomic E-state index is 12.2. The second-order valence-electron chi connectivity index (χ2n) is 4.77. The normalized spacial score (nSPS) is 26.9. The van der Waals surface area contributed by atoms with Gasteiger partial charge in [-0.25, -0.2) is 0 Å². The van der Waals surface area contributed by atoms with Crippen molar-refractivity contribution in [2.24, 2.45) is 5.73 Å². The first-order valence-electron chi connectivity index (χ1n) is 6.15. The summed E-state index contributed by atoms with van der Waals surface area (Å²) in [6.07, 6.45) is 1.82. The van der Waals surface area contributed by atoms with Crippen LogP contribution in [0.5, 0.6) is 0 Å². The summed E-state index contributed by atoms with van der Waals surface area (Å²) in [7, 11) is 0. The standard InChI is InChI=1S/C13H17N3O/c14-6-5-9-3-1-2-4-12(9)16-8-10-7-11(15-10)13(16)17/h1-4,10-11,15H,5-8,14H2. The number of fused-ring (bicyclic) bond motifs is 2. The van der Waals surface area contributed by atoms with Crippen LogP contribution >= 0.6 is 0 Å². The number of nitrogens with zero attached hydrogens (tertiary/aromatic N) is 1. The first-order valence-corrected chi connectivity index (χ1v) is 6.15. The molecule has 3 heterocycles. The molecule has 17 heavy (non-hydrogen) atoms. The summed E-state index contributed by atoms with van der Waals surface area (Å²) in [4.78, 5) is 14.1. The summed E-state index contributed by atoms with van der Waals surface area (Å²) in [5.41, 5.74) is 7.83. The van der Waals surface area contributed by atoms with Gasteiger partial charge in [-0.15, -0.1) is 0 Å². The van der Waals surface area contributed by atoms with Gasteiger partial charge >= 0.3 is 0 Å². The minimum absolute atomic E-state index is 0.0414. The van der Waals surface area contributed by atoms with Gasteiger partial charge in [0.2, 0.25) is 5.91 Å². The Balaban J connectivity index is 1.90. The van der Waals surface area contributed by atoms with Gasteiger partial charge in [-0.05, 0) is 31.0 Å². The molecule has 3 N–H and O–H groups in total. The maximum atomic E-state index is 12.2. The Labute approximate surface area is 101 Å². The van der Waals surface area contributed by atoms with Crippen molar-refractivity contribution in [1.29, 1.82) is 0 Å². The monoisotopic (exact) mass is 231 g/mol. The van der Waals surface area contributed by atoms with E-state index in [-0.39, 0.29) is 11.9 Å². The summed E-state index contributed by atoms with van der Waals surface area (Å²) in [5, 5.41) is 3.26. The number of piperazine rings is 1. The lowest BCUT2D eigenvalue weighted by atomic mass is 9.89. The molecule has 1 aromatic carbocycles. The zero-order valence-corrected chi connectivity index (χ0v) is 9.73. The van der Waals surface area contributed by atoms with Crippen LogP contribution in [0.15, 0.2) is 24.3 Å². The van der Waals surface area contributed by atoms with Crippen molar-refractivity contribution < 1.29 is 4.79 Å². The number of rotatable bonds is 3. The smallest absolute Gasteiger partial charge is 0.244 e. The van der Waals surface area contributed by atoms with Gasteiger partial charge in [0, 0.05) is 18.3 Å². The van der Waals surface area contributed by atoms with E-state index in [1.54, 1.807) is 0 Å². The summed E-state index contributed by atoms with van der Waals surface area (Å²) in [6.45, 7) is 1.40. The number of nitrogens with one attached hydrogen (secondary N) is 1. The van der Waals surface area contributed by atoms with E-state index in [2.05, 4.69) is 11.4 Å². The molecule has 3 aliphatic heterocycles. The molecular formula is C13H17N3O. The number of carbonyl (C=O) groups is 1. The van der Waals surface area contributed by atoms with Crippen molar-refractivity contribution in [3.8, 4) is 0 Å². The molecule has 90 valence electrons. The SMILES string of the molecule is NCCc1ccccc1N1CC2CC(N2)C1=O. The Hall–Kier alpha value is -1.39. The van der Waals surface area contributed by atoms with Crippen LogP contribution < -0.4 is 16.0 Å². The molecule has 3 aliphatic rings. The van der Waals surface area contributed by atoms with E-state index < -0.39 is 0 Å². The second-order valence-corrected chi connectivity index (χ2v) is 4.77. The van der Waals surface area contributed by atoms with Crippen LogP contribution in [0.3, 0.4) is 0 Å². The van der Waals surface area contributed by atoms with E-state index in [1.807, 2.05) is 23.1 Å². The quantitative estimate of drug-likeness (QED) is 0.785. The molecule has 0 spiro atoms. The summed E-state index contributed by atoms with van der Waals surface area (Å²) < 4.78 is 0. The number of para-hydroxylation sites is 1. The van der Waals surface area contributed by atoms with Crippen LogP contribution in [-0.4, -0.2) is 31.1 Å². The number of amides is 1. The van der Waals surface area contributed by atoms with Gasteiger partial charge < -0.3 is 16.0 Å². The molecule has 3 saturated heterocycles. The highest BCUT2D eigenvalue weighted by molar-refractivity contribution is 6.00. The molecule has 3 fully saturated rings. The lowest BCUT2D eigenvalue weighted by Crippen LogP contribution is -2.70. The number of anilines is 1. The van der Waals surface area contributed by atoms with Crippen LogP contribution in [0.25, 0.3) is 0 Å². The highest BCUT2D eigenvalue weighted by Gasteiger charge is 2.43. The average molecular weight is 231 g/mol. The maximum Gasteiger partial charge on any atom is 0.244 e. The predicted molar refractivity (Wildman–Crippen MR) is 66.9 cm³/mol. The number of benzene rings is 1. The lowest BCUT2D eigenvalue weighted by molar-refractivity contribution is -0.125. The molecule has 1 amide bonds. The molecular weight excluding hydrogens is 214 g/mol. The molecule has 0 saturated carbocycles. The van der Waals surface area contributed by atoms with Crippen molar-refractivity contribution in [3.63, 3.8) is 0 Å². The summed E-state index contributed by atoms with van der Waals surface area (Å²) in [5.74, 6) is 0.206. The minimum atomic E-state index is 0.0414. The van der Waals surface area contributed by atoms with Crippen molar-refractivity contribution in [2.75, 3.05) is 18.0 Å². The van der Waals surface area contributed by atoms with Crippen molar-refractivity contribution in [3.05, 3.63) is 29.8 Å². The number of nitrogens with two attached hydrogens (primary N) is 1. The van der Waals surface area contributed by atoms with Gasteiger partial charge in [0.1, 0.15) is 0 Å². The molecule has 4 rings (SSSR count). The third-order valence-electron chi connectivity index (χ3n) is 3.62. The Kier molecular flexibility index (Phi) is 2.61. The summed E-state index contributed by atoms with van der Waals surface area (Å²) >= 11 is 0. The van der Waals surface area contributed by atoms with Crippen molar-refractivity contribution in [2.45, 2.75) is 24.9 Å². The molecule has 2 bridgehead atoms. The first-order chi connectivity index (χ1) is 8.29. The molecule has 0 aromatic heterocycles. The van der Waals surface area contributed by atoms with E-state index in [0.717, 1.165) is 25.1 Å². The van der Waals surface area contributed by atoms with E-state index >= 15 is 0 Å². The number of hydrogen-bond donors (Lipinski definition) is 2. The zero-order chi connectivity index (χ0) is 11.8. The Morgan fingerprint density at radius 1 is 1.41 bits per heavy atom.